The van der Waals surface area contributed by atoms with Gasteiger partial charge in [-0.05, 0) is 49.1 Å². The van der Waals surface area contributed by atoms with Crippen LogP contribution in [-0.4, -0.2) is 32.7 Å². The van der Waals surface area contributed by atoms with E-state index in [1.807, 2.05) is 43.5 Å². The van der Waals surface area contributed by atoms with Crippen LogP contribution in [0.5, 0.6) is 0 Å². The zero-order chi connectivity index (χ0) is 20.8. The number of nitrogens with one attached hydrogen (secondary N) is 2. The van der Waals surface area contributed by atoms with Crippen molar-refractivity contribution >= 4 is 49.4 Å². The normalized spacial score (nSPS) is 16.7. The number of rotatable bonds is 4. The van der Waals surface area contributed by atoms with Crippen molar-refractivity contribution in [2.45, 2.75) is 39.3 Å². The number of thiazole rings is 1. The van der Waals surface area contributed by atoms with Crippen molar-refractivity contribution in [3.8, 4) is 0 Å². The molecule has 2 N–H and O–H groups in total. The zero-order valence-electron chi connectivity index (χ0n) is 16.9. The Morgan fingerprint density at radius 3 is 2.97 bits per heavy atom. The summed E-state index contributed by atoms with van der Waals surface area (Å²) in [5.41, 5.74) is 5.27. The van der Waals surface area contributed by atoms with E-state index in [0.29, 0.717) is 24.5 Å². The molecule has 0 saturated carbocycles. The van der Waals surface area contributed by atoms with Crippen LogP contribution in [-0.2, 0) is 16.1 Å². The lowest BCUT2D eigenvalue weighted by Gasteiger charge is -2.23. The molecule has 0 bridgehead atoms. The highest BCUT2D eigenvalue weighted by Crippen LogP contribution is 2.31. The Morgan fingerprint density at radius 2 is 2.10 bits per heavy atom. The number of aromatic nitrogens is 2. The van der Waals surface area contributed by atoms with Gasteiger partial charge in [-0.2, -0.15) is 0 Å². The van der Waals surface area contributed by atoms with Crippen LogP contribution in [0.25, 0.3) is 21.1 Å². The summed E-state index contributed by atoms with van der Waals surface area (Å²) in [6, 6.07) is 11.6. The summed E-state index contributed by atoms with van der Waals surface area (Å²) in [5.74, 6) is -0.162. The zero-order valence-corrected chi connectivity index (χ0v) is 17.7. The summed E-state index contributed by atoms with van der Waals surface area (Å²) in [7, 11) is 0. The second kappa shape index (κ2) is 7.25. The molecule has 1 aliphatic heterocycles. The minimum atomic E-state index is -0.485. The molecular formula is C23H22N4O2S. The number of amides is 2. The highest BCUT2D eigenvalue weighted by Gasteiger charge is 2.36. The molecule has 5 rings (SSSR count). The van der Waals surface area contributed by atoms with E-state index in [4.69, 9.17) is 0 Å². The van der Waals surface area contributed by atoms with Gasteiger partial charge in [-0.1, -0.05) is 35.6 Å². The number of benzene rings is 2. The summed E-state index contributed by atoms with van der Waals surface area (Å²) in [6.45, 7) is 4.51. The third kappa shape index (κ3) is 3.15. The van der Waals surface area contributed by atoms with Crippen LogP contribution in [0, 0.1) is 13.8 Å². The second-order valence-corrected chi connectivity index (χ2v) is 8.83. The van der Waals surface area contributed by atoms with E-state index in [-0.39, 0.29) is 11.8 Å². The fourth-order valence-electron chi connectivity index (χ4n) is 4.12. The molecule has 7 heteroatoms. The van der Waals surface area contributed by atoms with E-state index < -0.39 is 6.04 Å². The number of aryl methyl sites for hydroxylation is 2. The number of aromatic amines is 1. The molecule has 1 atom stereocenters. The number of para-hydroxylation sites is 1. The van der Waals surface area contributed by atoms with Crippen molar-refractivity contribution in [3.63, 3.8) is 0 Å². The van der Waals surface area contributed by atoms with Gasteiger partial charge < -0.3 is 15.2 Å². The first kappa shape index (κ1) is 18.8. The van der Waals surface area contributed by atoms with Gasteiger partial charge in [-0.3, -0.25) is 9.59 Å². The van der Waals surface area contributed by atoms with Crippen LogP contribution in [0.4, 0.5) is 5.13 Å². The third-order valence-corrected chi connectivity index (χ3v) is 6.90. The first-order chi connectivity index (χ1) is 14.5. The molecule has 0 spiro atoms. The van der Waals surface area contributed by atoms with E-state index in [2.05, 4.69) is 28.3 Å². The number of nitrogens with zero attached hydrogens (tertiary/aromatic N) is 2. The maximum atomic E-state index is 13.0. The maximum Gasteiger partial charge on any atom is 0.248 e. The molecule has 0 aliphatic carbocycles. The van der Waals surface area contributed by atoms with Crippen LogP contribution in [0.15, 0.2) is 42.6 Å². The number of anilines is 1. The number of likely N-dealkylation sites (tertiary alicyclic amines) is 1. The van der Waals surface area contributed by atoms with Gasteiger partial charge in [0.25, 0.3) is 0 Å². The Kier molecular flexibility index (Phi) is 4.55. The van der Waals surface area contributed by atoms with Gasteiger partial charge in [0.2, 0.25) is 11.8 Å². The average molecular weight is 419 g/mol. The molecule has 4 aromatic rings. The van der Waals surface area contributed by atoms with E-state index in [0.717, 1.165) is 32.2 Å². The van der Waals surface area contributed by atoms with Gasteiger partial charge in [-0.15, -0.1) is 0 Å². The van der Waals surface area contributed by atoms with Gasteiger partial charge in [0, 0.05) is 30.1 Å². The van der Waals surface area contributed by atoms with E-state index in [1.54, 1.807) is 4.90 Å². The molecule has 3 heterocycles. The van der Waals surface area contributed by atoms with Crippen LogP contribution in [0.3, 0.4) is 0 Å². The lowest BCUT2D eigenvalue weighted by Crippen LogP contribution is -2.41. The molecule has 2 aromatic carbocycles. The summed E-state index contributed by atoms with van der Waals surface area (Å²) in [6.07, 6.45) is 2.83. The van der Waals surface area contributed by atoms with Crippen molar-refractivity contribution in [3.05, 3.63) is 59.3 Å². The third-order valence-electron chi connectivity index (χ3n) is 5.96. The van der Waals surface area contributed by atoms with E-state index >= 15 is 0 Å². The molecule has 2 amide bonds. The largest absolute Gasteiger partial charge is 0.361 e. The predicted molar refractivity (Wildman–Crippen MR) is 120 cm³/mol. The standard InChI is InChI=1S/C23H22N4O2S/c1-13-7-9-19-21(14(13)2)25-23(30-19)26-22(29)18-8-10-20(28)27(18)12-15-11-24-17-6-4-3-5-16(15)17/h3-7,9,11,18,24H,8,10,12H2,1-2H3,(H,25,26,29). The molecule has 30 heavy (non-hydrogen) atoms. The number of H-pyrrole nitrogens is 1. The van der Waals surface area contributed by atoms with Gasteiger partial charge in [0.05, 0.1) is 10.2 Å². The Bertz CT molecular complexity index is 1290. The molecule has 1 fully saturated rings. The van der Waals surface area contributed by atoms with Crippen molar-refractivity contribution in [2.75, 3.05) is 5.32 Å². The summed E-state index contributed by atoms with van der Waals surface area (Å²) < 4.78 is 1.05. The molecule has 1 unspecified atom stereocenters. The van der Waals surface area contributed by atoms with Crippen LogP contribution in [0.1, 0.15) is 29.5 Å². The number of carbonyl (C=O) groups excluding carboxylic acids is 2. The smallest absolute Gasteiger partial charge is 0.248 e. The predicted octanol–water partition coefficient (Wildman–Crippen LogP) is 4.52. The Hall–Kier alpha value is -3.19. The lowest BCUT2D eigenvalue weighted by molar-refractivity contribution is -0.133. The SMILES string of the molecule is Cc1ccc2sc(NC(=O)C3CCC(=O)N3Cc3c[nH]c4ccccc34)nc2c1C. The molecule has 152 valence electrons. The maximum absolute atomic E-state index is 13.0. The van der Waals surface area contributed by atoms with Gasteiger partial charge in [-0.25, -0.2) is 4.98 Å². The average Bonchev–Trinajstić information content (AvgIpc) is 3.43. The van der Waals surface area contributed by atoms with Crippen molar-refractivity contribution in [1.29, 1.82) is 0 Å². The highest BCUT2D eigenvalue weighted by molar-refractivity contribution is 7.22. The molecule has 6 nitrogen and oxygen atoms in total. The summed E-state index contributed by atoms with van der Waals surface area (Å²) in [4.78, 5) is 35.1. The van der Waals surface area contributed by atoms with Crippen LogP contribution in [0.2, 0.25) is 0 Å². The second-order valence-electron chi connectivity index (χ2n) is 7.80. The van der Waals surface area contributed by atoms with Crippen molar-refractivity contribution in [2.24, 2.45) is 0 Å². The van der Waals surface area contributed by atoms with Crippen LogP contribution < -0.4 is 5.32 Å². The quantitative estimate of drug-likeness (QED) is 0.511. The van der Waals surface area contributed by atoms with Crippen molar-refractivity contribution < 1.29 is 9.59 Å². The number of hydrogen-bond acceptors (Lipinski definition) is 4. The fraction of sp³-hybridized carbons (Fsp3) is 0.261. The summed E-state index contributed by atoms with van der Waals surface area (Å²) >= 11 is 1.47. The highest BCUT2D eigenvalue weighted by atomic mass is 32.1. The number of hydrogen-bond donors (Lipinski definition) is 2. The first-order valence-corrected chi connectivity index (χ1v) is 10.8. The monoisotopic (exact) mass is 418 g/mol. The topological polar surface area (TPSA) is 78.1 Å². The minimum absolute atomic E-state index is 0.0104. The molecular weight excluding hydrogens is 396 g/mol. The first-order valence-electron chi connectivity index (χ1n) is 10.0. The molecule has 1 aliphatic rings. The van der Waals surface area contributed by atoms with Crippen molar-refractivity contribution in [1.82, 2.24) is 14.9 Å². The number of carbonyl (C=O) groups is 2. The Labute approximate surface area is 177 Å². The van der Waals surface area contributed by atoms with E-state index in [1.165, 1.54) is 16.9 Å². The minimum Gasteiger partial charge on any atom is -0.361 e. The van der Waals surface area contributed by atoms with Gasteiger partial charge in [0.15, 0.2) is 5.13 Å². The molecule has 0 radical (unpaired) electrons. The van der Waals surface area contributed by atoms with Crippen LogP contribution >= 0.6 is 11.3 Å². The van der Waals surface area contributed by atoms with Gasteiger partial charge >= 0.3 is 0 Å². The molecule has 2 aromatic heterocycles. The van der Waals surface area contributed by atoms with Gasteiger partial charge in [0.1, 0.15) is 6.04 Å². The fourth-order valence-corrected chi connectivity index (χ4v) is 5.05. The Balaban J connectivity index is 1.38. The van der Waals surface area contributed by atoms with E-state index in [9.17, 15) is 9.59 Å². The number of fused-ring (bicyclic) bond motifs is 2. The molecule has 1 saturated heterocycles. The Morgan fingerprint density at radius 1 is 1.27 bits per heavy atom. The summed E-state index contributed by atoms with van der Waals surface area (Å²) in [5, 5.41) is 4.61. The lowest BCUT2D eigenvalue weighted by atomic mass is 10.1.